The van der Waals surface area contributed by atoms with Gasteiger partial charge in [0.1, 0.15) is 0 Å². The SMILES string of the molecule is CC(O)C1CCCN(C(=O)c2cccc(-n3cccn3)c2)C1. The Morgan fingerprint density at radius 3 is 3.00 bits per heavy atom. The van der Waals surface area contributed by atoms with Gasteiger partial charge >= 0.3 is 0 Å². The zero-order valence-electron chi connectivity index (χ0n) is 12.7. The standard InChI is InChI=1S/C17H21N3O2/c1-13(21)15-6-3-9-19(12-15)17(22)14-5-2-7-16(11-14)20-10-4-8-18-20/h2,4-5,7-8,10-11,13,15,21H,3,6,9,12H2,1H3. The minimum absolute atomic E-state index is 0.0272. The number of rotatable bonds is 3. The second-order valence-corrected chi connectivity index (χ2v) is 5.90. The first-order valence-corrected chi connectivity index (χ1v) is 7.72. The van der Waals surface area contributed by atoms with Crippen LogP contribution in [0.3, 0.4) is 0 Å². The average Bonchev–Trinajstić information content (AvgIpc) is 3.09. The molecular formula is C17H21N3O2. The number of hydrogen-bond donors (Lipinski definition) is 1. The molecule has 116 valence electrons. The zero-order valence-corrected chi connectivity index (χ0v) is 12.7. The Balaban J connectivity index is 1.79. The van der Waals surface area contributed by atoms with E-state index in [0.29, 0.717) is 12.1 Å². The van der Waals surface area contributed by atoms with Crippen molar-refractivity contribution >= 4 is 5.91 Å². The molecule has 22 heavy (non-hydrogen) atoms. The summed E-state index contributed by atoms with van der Waals surface area (Å²) in [5.41, 5.74) is 1.54. The number of nitrogens with zero attached hydrogens (tertiary/aromatic N) is 3. The fourth-order valence-corrected chi connectivity index (χ4v) is 2.97. The Labute approximate surface area is 130 Å². The van der Waals surface area contributed by atoms with Crippen molar-refractivity contribution in [3.05, 3.63) is 48.3 Å². The number of hydrogen-bond acceptors (Lipinski definition) is 3. The van der Waals surface area contributed by atoms with Crippen LogP contribution in [0, 0.1) is 5.92 Å². The van der Waals surface area contributed by atoms with E-state index in [2.05, 4.69) is 5.10 Å². The number of aliphatic hydroxyl groups is 1. The van der Waals surface area contributed by atoms with Crippen molar-refractivity contribution in [1.29, 1.82) is 0 Å². The normalized spacial score (nSPS) is 19.9. The molecule has 1 fully saturated rings. The highest BCUT2D eigenvalue weighted by molar-refractivity contribution is 5.94. The first kappa shape index (κ1) is 14.8. The number of likely N-dealkylation sites (tertiary alicyclic amines) is 1. The predicted octanol–water partition coefficient (Wildman–Crippen LogP) is 2.11. The monoisotopic (exact) mass is 299 g/mol. The van der Waals surface area contributed by atoms with E-state index in [1.54, 1.807) is 17.8 Å². The molecule has 0 bridgehead atoms. The molecule has 0 aliphatic carbocycles. The van der Waals surface area contributed by atoms with E-state index in [0.717, 1.165) is 25.1 Å². The van der Waals surface area contributed by atoms with Gasteiger partial charge in [-0.15, -0.1) is 0 Å². The Morgan fingerprint density at radius 2 is 2.27 bits per heavy atom. The highest BCUT2D eigenvalue weighted by atomic mass is 16.3. The van der Waals surface area contributed by atoms with E-state index in [9.17, 15) is 9.90 Å². The lowest BCUT2D eigenvalue weighted by molar-refractivity contribution is 0.0466. The van der Waals surface area contributed by atoms with E-state index in [4.69, 9.17) is 0 Å². The predicted molar refractivity (Wildman–Crippen MR) is 83.9 cm³/mol. The van der Waals surface area contributed by atoms with Crippen LogP contribution in [0.1, 0.15) is 30.1 Å². The van der Waals surface area contributed by atoms with Gasteiger partial charge in [-0.2, -0.15) is 5.10 Å². The van der Waals surface area contributed by atoms with Crippen molar-refractivity contribution in [1.82, 2.24) is 14.7 Å². The maximum Gasteiger partial charge on any atom is 0.253 e. The van der Waals surface area contributed by atoms with Crippen molar-refractivity contribution in [2.75, 3.05) is 13.1 Å². The van der Waals surface area contributed by atoms with Gasteiger partial charge < -0.3 is 10.0 Å². The quantitative estimate of drug-likeness (QED) is 0.944. The summed E-state index contributed by atoms with van der Waals surface area (Å²) >= 11 is 0. The van der Waals surface area contributed by atoms with Crippen molar-refractivity contribution in [3.63, 3.8) is 0 Å². The first-order chi connectivity index (χ1) is 10.6. The van der Waals surface area contributed by atoms with Gasteiger partial charge in [-0.05, 0) is 44.0 Å². The molecular weight excluding hydrogens is 278 g/mol. The Bertz CT molecular complexity index is 637. The van der Waals surface area contributed by atoms with Crippen LogP contribution in [0.4, 0.5) is 0 Å². The number of amides is 1. The third-order valence-electron chi connectivity index (χ3n) is 4.29. The van der Waals surface area contributed by atoms with Crippen molar-refractivity contribution < 1.29 is 9.90 Å². The van der Waals surface area contributed by atoms with Gasteiger partial charge in [0, 0.05) is 37.0 Å². The van der Waals surface area contributed by atoms with Gasteiger partial charge in [-0.3, -0.25) is 4.79 Å². The molecule has 2 heterocycles. The third-order valence-corrected chi connectivity index (χ3v) is 4.29. The van der Waals surface area contributed by atoms with Crippen LogP contribution in [-0.2, 0) is 0 Å². The molecule has 2 unspecified atom stereocenters. The number of carbonyl (C=O) groups excluding carboxylic acids is 1. The summed E-state index contributed by atoms with van der Waals surface area (Å²) in [6.07, 6.45) is 5.13. The van der Waals surface area contributed by atoms with E-state index in [-0.39, 0.29) is 17.9 Å². The van der Waals surface area contributed by atoms with Gasteiger partial charge in [0.25, 0.3) is 5.91 Å². The molecule has 1 N–H and O–H groups in total. The second-order valence-electron chi connectivity index (χ2n) is 5.90. The van der Waals surface area contributed by atoms with Crippen LogP contribution in [-0.4, -0.2) is 44.9 Å². The molecule has 5 heteroatoms. The highest BCUT2D eigenvalue weighted by Gasteiger charge is 2.27. The summed E-state index contributed by atoms with van der Waals surface area (Å²) < 4.78 is 1.74. The van der Waals surface area contributed by atoms with E-state index in [1.165, 1.54) is 0 Å². The summed E-state index contributed by atoms with van der Waals surface area (Å²) in [4.78, 5) is 14.6. The average molecular weight is 299 g/mol. The summed E-state index contributed by atoms with van der Waals surface area (Å²) in [5.74, 6) is 0.200. The van der Waals surface area contributed by atoms with Crippen LogP contribution in [0.2, 0.25) is 0 Å². The molecule has 1 aliphatic heterocycles. The molecule has 1 aromatic carbocycles. The fraction of sp³-hybridized carbons (Fsp3) is 0.412. The molecule has 1 aromatic heterocycles. The molecule has 0 radical (unpaired) electrons. The van der Waals surface area contributed by atoms with Crippen molar-refractivity contribution in [2.24, 2.45) is 5.92 Å². The van der Waals surface area contributed by atoms with Crippen molar-refractivity contribution in [3.8, 4) is 5.69 Å². The van der Waals surface area contributed by atoms with Gasteiger partial charge in [0.05, 0.1) is 11.8 Å². The lowest BCUT2D eigenvalue weighted by Gasteiger charge is -2.34. The van der Waals surface area contributed by atoms with Crippen LogP contribution in [0.15, 0.2) is 42.7 Å². The molecule has 2 atom stereocenters. The van der Waals surface area contributed by atoms with Crippen LogP contribution in [0.25, 0.3) is 5.69 Å². The number of aliphatic hydroxyl groups excluding tert-OH is 1. The largest absolute Gasteiger partial charge is 0.393 e. The summed E-state index contributed by atoms with van der Waals surface area (Å²) in [6.45, 7) is 3.19. The molecule has 1 aliphatic rings. The number of benzene rings is 1. The molecule has 1 saturated heterocycles. The first-order valence-electron chi connectivity index (χ1n) is 7.72. The lowest BCUT2D eigenvalue weighted by atomic mass is 9.93. The highest BCUT2D eigenvalue weighted by Crippen LogP contribution is 2.22. The second kappa shape index (κ2) is 6.32. The molecule has 0 saturated carbocycles. The maximum absolute atomic E-state index is 12.7. The third kappa shape index (κ3) is 3.04. The number of carbonyl (C=O) groups is 1. The van der Waals surface area contributed by atoms with Crippen molar-refractivity contribution in [2.45, 2.75) is 25.9 Å². The fourth-order valence-electron chi connectivity index (χ4n) is 2.97. The Kier molecular flexibility index (Phi) is 4.24. The Hall–Kier alpha value is -2.14. The van der Waals surface area contributed by atoms with Gasteiger partial charge in [-0.25, -0.2) is 4.68 Å². The minimum atomic E-state index is -0.369. The topological polar surface area (TPSA) is 58.4 Å². The molecule has 0 spiro atoms. The summed E-state index contributed by atoms with van der Waals surface area (Å²) in [7, 11) is 0. The van der Waals surface area contributed by atoms with E-state index < -0.39 is 0 Å². The molecule has 2 aromatic rings. The number of aromatic nitrogens is 2. The number of piperidine rings is 1. The molecule has 1 amide bonds. The Morgan fingerprint density at radius 1 is 1.41 bits per heavy atom. The van der Waals surface area contributed by atoms with Gasteiger partial charge in [0.2, 0.25) is 0 Å². The summed E-state index contributed by atoms with van der Waals surface area (Å²) in [6, 6.07) is 9.36. The van der Waals surface area contributed by atoms with Crippen LogP contribution < -0.4 is 0 Å². The molecule has 5 nitrogen and oxygen atoms in total. The zero-order chi connectivity index (χ0) is 15.5. The minimum Gasteiger partial charge on any atom is -0.393 e. The smallest absolute Gasteiger partial charge is 0.253 e. The summed E-state index contributed by atoms with van der Waals surface area (Å²) in [5, 5.41) is 14.0. The van der Waals surface area contributed by atoms with E-state index in [1.807, 2.05) is 41.4 Å². The van der Waals surface area contributed by atoms with Crippen LogP contribution in [0.5, 0.6) is 0 Å². The lowest BCUT2D eigenvalue weighted by Crippen LogP contribution is -2.42. The maximum atomic E-state index is 12.7. The van der Waals surface area contributed by atoms with Gasteiger partial charge in [-0.1, -0.05) is 6.07 Å². The van der Waals surface area contributed by atoms with Gasteiger partial charge in [0.15, 0.2) is 0 Å². The van der Waals surface area contributed by atoms with Crippen LogP contribution >= 0.6 is 0 Å². The molecule has 3 rings (SSSR count). The van der Waals surface area contributed by atoms with E-state index >= 15 is 0 Å².